The van der Waals surface area contributed by atoms with Crippen LogP contribution in [-0.2, 0) is 4.74 Å². The summed E-state index contributed by atoms with van der Waals surface area (Å²) in [7, 11) is 0. The summed E-state index contributed by atoms with van der Waals surface area (Å²) in [6, 6.07) is 7.75. The molecule has 1 fully saturated rings. The van der Waals surface area contributed by atoms with Crippen molar-refractivity contribution in [2.45, 2.75) is 32.3 Å². The minimum absolute atomic E-state index is 0.151. The predicted molar refractivity (Wildman–Crippen MR) is 59.1 cm³/mol. The third kappa shape index (κ3) is 2.66. The molecular weight excluding hydrogens is 188 g/mol. The largest absolute Gasteiger partial charge is 0.378 e. The fourth-order valence-electron chi connectivity index (χ4n) is 1.95. The smallest absolute Gasteiger partial charge is 0.165 e. The van der Waals surface area contributed by atoms with Crippen LogP contribution < -0.4 is 0 Å². The van der Waals surface area contributed by atoms with Crippen LogP contribution in [0, 0.1) is 6.92 Å². The van der Waals surface area contributed by atoms with Gasteiger partial charge in [-0.2, -0.15) is 0 Å². The zero-order valence-electron chi connectivity index (χ0n) is 9.03. The molecule has 2 heteroatoms. The van der Waals surface area contributed by atoms with Crippen molar-refractivity contribution in [3.05, 3.63) is 35.4 Å². The molecule has 0 N–H and O–H groups in total. The summed E-state index contributed by atoms with van der Waals surface area (Å²) in [6.45, 7) is 2.81. The maximum absolute atomic E-state index is 11.9. The molecule has 0 saturated carbocycles. The molecule has 1 aromatic carbocycles. The highest BCUT2D eigenvalue weighted by Crippen LogP contribution is 2.18. The molecule has 2 nitrogen and oxygen atoms in total. The number of hydrogen-bond donors (Lipinski definition) is 0. The van der Waals surface area contributed by atoms with Gasteiger partial charge in [-0.1, -0.05) is 23.8 Å². The fraction of sp³-hybridized carbons (Fsp3) is 0.462. The molecule has 0 aromatic heterocycles. The first-order valence-corrected chi connectivity index (χ1v) is 5.47. The Labute approximate surface area is 90.3 Å². The molecule has 0 radical (unpaired) electrons. The zero-order chi connectivity index (χ0) is 10.7. The van der Waals surface area contributed by atoms with Crippen LogP contribution in [0.4, 0.5) is 0 Å². The van der Waals surface area contributed by atoms with Crippen LogP contribution in [0.3, 0.4) is 0 Å². The van der Waals surface area contributed by atoms with E-state index < -0.39 is 0 Å². The molecule has 1 atom stereocenters. The molecule has 1 aliphatic heterocycles. The third-order valence-corrected chi connectivity index (χ3v) is 2.78. The number of benzene rings is 1. The number of rotatable bonds is 3. The van der Waals surface area contributed by atoms with Crippen molar-refractivity contribution < 1.29 is 9.53 Å². The van der Waals surface area contributed by atoms with Crippen LogP contribution >= 0.6 is 0 Å². The molecule has 0 aliphatic carbocycles. The van der Waals surface area contributed by atoms with Gasteiger partial charge in [0.2, 0.25) is 0 Å². The highest BCUT2D eigenvalue weighted by atomic mass is 16.5. The van der Waals surface area contributed by atoms with Gasteiger partial charge >= 0.3 is 0 Å². The van der Waals surface area contributed by atoms with Crippen molar-refractivity contribution in [1.29, 1.82) is 0 Å². The van der Waals surface area contributed by atoms with E-state index in [9.17, 15) is 4.79 Å². The Hall–Kier alpha value is -1.15. The van der Waals surface area contributed by atoms with Crippen molar-refractivity contribution in [1.82, 2.24) is 0 Å². The summed E-state index contributed by atoms with van der Waals surface area (Å²) in [5, 5.41) is 0. The van der Waals surface area contributed by atoms with E-state index in [4.69, 9.17) is 4.74 Å². The van der Waals surface area contributed by atoms with Crippen LogP contribution in [-0.4, -0.2) is 18.5 Å². The van der Waals surface area contributed by atoms with Crippen LogP contribution in [0.15, 0.2) is 24.3 Å². The van der Waals surface area contributed by atoms with Gasteiger partial charge in [-0.05, 0) is 25.8 Å². The summed E-state index contributed by atoms with van der Waals surface area (Å²) in [4.78, 5) is 11.9. The predicted octanol–water partition coefficient (Wildman–Crippen LogP) is 2.75. The molecular formula is C13H16O2. The summed E-state index contributed by atoms with van der Waals surface area (Å²) >= 11 is 0. The Morgan fingerprint density at radius 3 is 3.07 bits per heavy atom. The zero-order valence-corrected chi connectivity index (χ0v) is 9.03. The van der Waals surface area contributed by atoms with Crippen LogP contribution in [0.25, 0.3) is 0 Å². The highest BCUT2D eigenvalue weighted by Gasteiger charge is 2.19. The van der Waals surface area contributed by atoms with Gasteiger partial charge < -0.3 is 4.74 Å². The number of ketones is 1. The second-order valence-corrected chi connectivity index (χ2v) is 4.13. The van der Waals surface area contributed by atoms with Crippen molar-refractivity contribution in [2.75, 3.05) is 6.61 Å². The molecule has 2 rings (SSSR count). The number of ether oxygens (including phenoxy) is 1. The van der Waals surface area contributed by atoms with E-state index in [1.165, 1.54) is 0 Å². The Morgan fingerprint density at radius 2 is 2.40 bits per heavy atom. The van der Waals surface area contributed by atoms with Crippen molar-refractivity contribution in [2.24, 2.45) is 0 Å². The standard InChI is InChI=1S/C13H16O2/c1-10-4-2-5-11(8-10)13(14)9-12-6-3-7-15-12/h2,4-5,8,12H,3,6-7,9H2,1H3. The summed E-state index contributed by atoms with van der Waals surface area (Å²) in [5.41, 5.74) is 1.94. The van der Waals surface area contributed by atoms with Gasteiger partial charge in [0.1, 0.15) is 0 Å². The van der Waals surface area contributed by atoms with Crippen molar-refractivity contribution in [3.63, 3.8) is 0 Å². The van der Waals surface area contributed by atoms with Crippen LogP contribution in [0.5, 0.6) is 0 Å². The Bertz CT molecular complexity index is 351. The summed E-state index contributed by atoms with van der Waals surface area (Å²) < 4.78 is 5.45. The maximum atomic E-state index is 11.9. The van der Waals surface area contributed by atoms with E-state index in [0.29, 0.717) is 6.42 Å². The fourth-order valence-corrected chi connectivity index (χ4v) is 1.95. The molecule has 0 spiro atoms. The molecule has 1 saturated heterocycles. The summed E-state index contributed by atoms with van der Waals surface area (Å²) in [6.07, 6.45) is 2.80. The number of hydrogen-bond acceptors (Lipinski definition) is 2. The second-order valence-electron chi connectivity index (χ2n) is 4.13. The number of carbonyl (C=O) groups excluding carboxylic acids is 1. The lowest BCUT2D eigenvalue weighted by molar-refractivity contribution is 0.0775. The lowest BCUT2D eigenvalue weighted by atomic mass is 10.0. The van der Waals surface area contributed by atoms with E-state index >= 15 is 0 Å². The number of carbonyl (C=O) groups is 1. The van der Waals surface area contributed by atoms with E-state index in [-0.39, 0.29) is 11.9 Å². The topological polar surface area (TPSA) is 26.3 Å². The minimum Gasteiger partial charge on any atom is -0.378 e. The molecule has 1 aliphatic rings. The van der Waals surface area contributed by atoms with Crippen LogP contribution in [0.1, 0.15) is 35.2 Å². The normalized spacial score (nSPS) is 20.5. The Balaban J connectivity index is 2.01. The quantitative estimate of drug-likeness (QED) is 0.708. The molecule has 1 heterocycles. The molecule has 0 bridgehead atoms. The van der Waals surface area contributed by atoms with Crippen LogP contribution in [0.2, 0.25) is 0 Å². The third-order valence-electron chi connectivity index (χ3n) is 2.78. The van der Waals surface area contributed by atoms with E-state index in [0.717, 1.165) is 30.6 Å². The van der Waals surface area contributed by atoms with Gasteiger partial charge in [0.05, 0.1) is 6.10 Å². The average molecular weight is 204 g/mol. The average Bonchev–Trinajstić information content (AvgIpc) is 2.70. The molecule has 80 valence electrons. The SMILES string of the molecule is Cc1cccc(C(=O)CC2CCCO2)c1. The first-order valence-electron chi connectivity index (χ1n) is 5.47. The van der Waals surface area contributed by atoms with Gasteiger partial charge in [-0.25, -0.2) is 0 Å². The molecule has 0 amide bonds. The lowest BCUT2D eigenvalue weighted by Gasteiger charge is -2.08. The highest BCUT2D eigenvalue weighted by molar-refractivity contribution is 5.96. The minimum atomic E-state index is 0.151. The second kappa shape index (κ2) is 4.58. The maximum Gasteiger partial charge on any atom is 0.165 e. The first-order chi connectivity index (χ1) is 7.25. The van der Waals surface area contributed by atoms with Gasteiger partial charge in [0.15, 0.2) is 5.78 Å². The van der Waals surface area contributed by atoms with Crippen molar-refractivity contribution >= 4 is 5.78 Å². The van der Waals surface area contributed by atoms with Crippen molar-refractivity contribution in [3.8, 4) is 0 Å². The molecule has 15 heavy (non-hydrogen) atoms. The molecule has 1 aromatic rings. The molecule has 1 unspecified atom stereocenters. The monoisotopic (exact) mass is 204 g/mol. The lowest BCUT2D eigenvalue weighted by Crippen LogP contribution is -2.12. The van der Waals surface area contributed by atoms with Gasteiger partial charge in [0.25, 0.3) is 0 Å². The number of aryl methyl sites for hydroxylation is 1. The summed E-state index contributed by atoms with van der Waals surface area (Å²) in [5.74, 6) is 0.200. The van der Waals surface area contributed by atoms with Gasteiger partial charge in [0, 0.05) is 18.6 Å². The van der Waals surface area contributed by atoms with E-state index in [1.807, 2.05) is 31.2 Å². The Kier molecular flexibility index (Phi) is 3.17. The Morgan fingerprint density at radius 1 is 1.53 bits per heavy atom. The van der Waals surface area contributed by atoms with E-state index in [2.05, 4.69) is 0 Å². The van der Waals surface area contributed by atoms with Gasteiger partial charge in [-0.3, -0.25) is 4.79 Å². The first kappa shape index (κ1) is 10.4. The van der Waals surface area contributed by atoms with Gasteiger partial charge in [-0.15, -0.1) is 0 Å². The number of Topliss-reactive ketones (excluding diaryl/α,β-unsaturated/α-hetero) is 1. The van der Waals surface area contributed by atoms with E-state index in [1.54, 1.807) is 0 Å².